The van der Waals surface area contributed by atoms with Crippen LogP contribution < -0.4 is 5.46 Å². The molecule has 0 bridgehead atoms. The molecule has 0 fully saturated rings. The molecular formula is C6H4BIN3P. The number of rotatable bonds is 1. The molecule has 0 saturated carbocycles. The SMILES string of the molecule is [B]c1cnc2cn(PI)nc2c1. The average molecular weight is 287 g/mol. The van der Waals surface area contributed by atoms with Crippen LogP contribution in [0.1, 0.15) is 0 Å². The number of halogens is 1. The van der Waals surface area contributed by atoms with Gasteiger partial charge in [-0.2, -0.15) is 5.10 Å². The van der Waals surface area contributed by atoms with Crippen LogP contribution in [0.15, 0.2) is 18.5 Å². The van der Waals surface area contributed by atoms with Gasteiger partial charge in [-0.3, -0.25) is 4.98 Å². The van der Waals surface area contributed by atoms with Gasteiger partial charge in [-0.05, 0) is 28.1 Å². The number of nitrogens with zero attached hydrogens (tertiary/aromatic N) is 3. The fraction of sp³-hybridized carbons (Fsp3) is 0. The van der Waals surface area contributed by atoms with Crippen LogP contribution in [0.2, 0.25) is 0 Å². The van der Waals surface area contributed by atoms with Crippen molar-refractivity contribution in [2.45, 2.75) is 0 Å². The van der Waals surface area contributed by atoms with Crippen LogP contribution >= 0.6 is 28.4 Å². The van der Waals surface area contributed by atoms with Crippen LogP contribution in [-0.4, -0.2) is 22.4 Å². The first-order chi connectivity index (χ1) is 5.79. The van der Waals surface area contributed by atoms with Gasteiger partial charge in [0.1, 0.15) is 18.9 Å². The van der Waals surface area contributed by atoms with E-state index in [1.54, 1.807) is 6.20 Å². The summed E-state index contributed by atoms with van der Waals surface area (Å²) in [4.78, 5) is 4.14. The summed E-state index contributed by atoms with van der Waals surface area (Å²) in [5.74, 6) is 0. The summed E-state index contributed by atoms with van der Waals surface area (Å²) in [5.41, 5.74) is 2.41. The quantitative estimate of drug-likeness (QED) is 0.445. The third-order valence-electron chi connectivity index (χ3n) is 1.47. The van der Waals surface area contributed by atoms with Gasteiger partial charge in [-0.15, -0.1) is 0 Å². The number of hydrogen-bond acceptors (Lipinski definition) is 2. The van der Waals surface area contributed by atoms with Crippen LogP contribution in [0.25, 0.3) is 11.0 Å². The molecule has 3 nitrogen and oxygen atoms in total. The van der Waals surface area contributed by atoms with Gasteiger partial charge < -0.3 is 0 Å². The van der Waals surface area contributed by atoms with Gasteiger partial charge in [0, 0.05) is 6.20 Å². The molecule has 0 spiro atoms. The van der Waals surface area contributed by atoms with Crippen molar-refractivity contribution in [3.8, 4) is 0 Å². The maximum atomic E-state index is 5.56. The molecule has 2 aromatic heterocycles. The minimum atomic E-state index is 0.605. The second kappa shape index (κ2) is 3.30. The highest BCUT2D eigenvalue weighted by Gasteiger charge is 1.99. The molecular weight excluding hydrogens is 283 g/mol. The number of aromatic nitrogens is 3. The van der Waals surface area contributed by atoms with Crippen molar-refractivity contribution < 1.29 is 0 Å². The van der Waals surface area contributed by atoms with Crippen molar-refractivity contribution >= 4 is 52.8 Å². The Morgan fingerprint density at radius 3 is 3.08 bits per heavy atom. The highest BCUT2D eigenvalue weighted by atomic mass is 127. The Bertz CT molecular complexity index is 416. The molecule has 2 heterocycles. The number of fused-ring (bicyclic) bond motifs is 1. The first-order valence-corrected chi connectivity index (χ1v) is 7.33. The summed E-state index contributed by atoms with van der Waals surface area (Å²) in [7, 11) is 5.56. The van der Waals surface area contributed by atoms with Gasteiger partial charge >= 0.3 is 0 Å². The summed E-state index contributed by atoms with van der Waals surface area (Å²) < 4.78 is 1.86. The van der Waals surface area contributed by atoms with Crippen LogP contribution in [0.5, 0.6) is 0 Å². The first kappa shape index (κ1) is 8.44. The average Bonchev–Trinajstić information content (AvgIpc) is 2.46. The van der Waals surface area contributed by atoms with E-state index in [2.05, 4.69) is 32.1 Å². The molecule has 0 aromatic carbocycles. The van der Waals surface area contributed by atoms with Crippen LogP contribution in [0.4, 0.5) is 0 Å². The monoisotopic (exact) mass is 287 g/mol. The first-order valence-electron chi connectivity index (χ1n) is 3.27. The number of hydrogen-bond donors (Lipinski definition) is 0. The lowest BCUT2D eigenvalue weighted by Crippen LogP contribution is -2.01. The zero-order valence-corrected chi connectivity index (χ0v) is 9.19. The topological polar surface area (TPSA) is 30.7 Å². The minimum absolute atomic E-state index is 0.605. The zero-order valence-electron chi connectivity index (χ0n) is 6.03. The van der Waals surface area contributed by atoms with Gasteiger partial charge in [0.25, 0.3) is 0 Å². The summed E-state index contributed by atoms with van der Waals surface area (Å²) in [6.07, 6.45) is 4.16. The maximum absolute atomic E-state index is 5.56. The molecule has 1 atom stereocenters. The zero-order chi connectivity index (χ0) is 8.55. The van der Waals surface area contributed by atoms with Gasteiger partial charge in [0.2, 0.25) is 0 Å². The van der Waals surface area contributed by atoms with Crippen molar-refractivity contribution in [2.75, 3.05) is 0 Å². The highest BCUT2D eigenvalue weighted by Crippen LogP contribution is 2.23. The molecule has 0 aliphatic heterocycles. The molecule has 58 valence electrons. The highest BCUT2D eigenvalue weighted by molar-refractivity contribution is 14.2. The summed E-state index contributed by atoms with van der Waals surface area (Å²) in [6, 6.07) is 1.83. The van der Waals surface area contributed by atoms with E-state index in [-0.39, 0.29) is 0 Å². The van der Waals surface area contributed by atoms with E-state index < -0.39 is 0 Å². The fourth-order valence-corrected chi connectivity index (χ4v) is 2.02. The smallest absolute Gasteiger partial charge is 0.116 e. The lowest BCUT2D eigenvalue weighted by Gasteiger charge is -1.88. The Hall–Kier alpha value is -0.155. The standard InChI is InChI=1S/C6H4BIN3P/c7-4-1-5-6(9-2-4)3-11(10-5)12-8/h1-3,12H. The predicted octanol–water partition coefficient (Wildman–Crippen LogP) is 1.02. The lowest BCUT2D eigenvalue weighted by molar-refractivity contribution is 1.03. The van der Waals surface area contributed by atoms with E-state index in [9.17, 15) is 0 Å². The van der Waals surface area contributed by atoms with Gasteiger partial charge in [0.15, 0.2) is 0 Å². The molecule has 0 aliphatic rings. The number of pyridine rings is 1. The Labute approximate surface area is 85.7 Å². The van der Waals surface area contributed by atoms with E-state index in [4.69, 9.17) is 7.85 Å². The molecule has 0 amide bonds. The minimum Gasteiger partial charge on any atom is -0.254 e. The van der Waals surface area contributed by atoms with Crippen LogP contribution in [-0.2, 0) is 0 Å². The summed E-state index contributed by atoms with van der Waals surface area (Å²) >= 11 is 2.27. The van der Waals surface area contributed by atoms with Crippen molar-refractivity contribution in [3.63, 3.8) is 0 Å². The van der Waals surface area contributed by atoms with Crippen LogP contribution in [0, 0.1) is 0 Å². The Morgan fingerprint density at radius 1 is 1.50 bits per heavy atom. The molecule has 1 unspecified atom stereocenters. The molecule has 2 rings (SSSR count). The Morgan fingerprint density at radius 2 is 2.33 bits per heavy atom. The van der Waals surface area contributed by atoms with E-state index in [0.717, 1.165) is 11.0 Å². The van der Waals surface area contributed by atoms with E-state index >= 15 is 0 Å². The second-order valence-corrected chi connectivity index (χ2v) is 4.41. The molecule has 0 saturated heterocycles. The maximum Gasteiger partial charge on any atom is 0.116 e. The molecule has 0 aliphatic carbocycles. The Kier molecular flexibility index (Phi) is 2.32. The molecule has 2 aromatic rings. The van der Waals surface area contributed by atoms with Crippen LogP contribution in [0.3, 0.4) is 0 Å². The van der Waals surface area contributed by atoms with Crippen molar-refractivity contribution in [1.82, 2.24) is 14.5 Å². The summed E-state index contributed by atoms with van der Waals surface area (Å²) in [5, 5.41) is 4.27. The van der Waals surface area contributed by atoms with Gasteiger partial charge in [-0.25, -0.2) is 4.45 Å². The second-order valence-electron chi connectivity index (χ2n) is 2.33. The molecule has 0 N–H and O–H groups in total. The predicted molar refractivity (Wildman–Crippen MR) is 60.6 cm³/mol. The van der Waals surface area contributed by atoms with E-state index in [1.165, 1.54) is 0 Å². The molecule has 6 heteroatoms. The third kappa shape index (κ3) is 1.48. The van der Waals surface area contributed by atoms with Crippen molar-refractivity contribution in [2.24, 2.45) is 0 Å². The van der Waals surface area contributed by atoms with Crippen molar-refractivity contribution in [1.29, 1.82) is 0 Å². The van der Waals surface area contributed by atoms with Crippen molar-refractivity contribution in [3.05, 3.63) is 18.5 Å². The molecule has 2 radical (unpaired) electrons. The fourth-order valence-electron chi connectivity index (χ4n) is 0.963. The lowest BCUT2D eigenvalue weighted by atomic mass is 9.99. The largest absolute Gasteiger partial charge is 0.254 e. The van der Waals surface area contributed by atoms with E-state index in [0.29, 0.717) is 11.8 Å². The summed E-state index contributed by atoms with van der Waals surface area (Å²) in [6.45, 7) is 0. The third-order valence-corrected chi connectivity index (χ3v) is 3.35. The molecule has 12 heavy (non-hydrogen) atoms. The van der Waals surface area contributed by atoms with Gasteiger partial charge in [0.05, 0.1) is 12.6 Å². The Balaban J connectivity index is 2.67. The van der Waals surface area contributed by atoms with E-state index in [1.807, 2.05) is 16.7 Å². The van der Waals surface area contributed by atoms with Gasteiger partial charge in [-0.1, -0.05) is 5.46 Å². The normalized spacial score (nSPS) is 11.8.